The Bertz CT molecular complexity index is 577. The lowest BCUT2D eigenvalue weighted by atomic mass is 9.91. The van der Waals surface area contributed by atoms with Crippen LogP contribution in [0.5, 0.6) is 5.75 Å². The molecule has 1 atom stereocenters. The minimum Gasteiger partial charge on any atom is -0.497 e. The van der Waals surface area contributed by atoms with Gasteiger partial charge in [0.15, 0.2) is 0 Å². The van der Waals surface area contributed by atoms with E-state index in [2.05, 4.69) is 28.7 Å². The normalized spacial score (nSPS) is 18.1. The number of nitrogens with one attached hydrogen (secondary N) is 1. The van der Waals surface area contributed by atoms with Gasteiger partial charge >= 0.3 is 0 Å². The van der Waals surface area contributed by atoms with E-state index in [-0.39, 0.29) is 0 Å². The molecule has 1 aliphatic rings. The van der Waals surface area contributed by atoms with Crippen molar-refractivity contribution >= 4 is 0 Å². The Morgan fingerprint density at radius 1 is 1.47 bits per heavy atom. The molecule has 0 spiro atoms. The van der Waals surface area contributed by atoms with E-state index >= 15 is 0 Å². The van der Waals surface area contributed by atoms with Crippen LogP contribution in [0.3, 0.4) is 0 Å². The summed E-state index contributed by atoms with van der Waals surface area (Å²) in [7, 11) is 3.67. The number of aryl methyl sites for hydroxylation is 1. The Morgan fingerprint density at radius 3 is 3.11 bits per heavy atom. The summed E-state index contributed by atoms with van der Waals surface area (Å²) in [6.07, 6.45) is 6.07. The van der Waals surface area contributed by atoms with Crippen molar-refractivity contribution in [3.63, 3.8) is 0 Å². The molecule has 3 rings (SSSR count). The van der Waals surface area contributed by atoms with Crippen LogP contribution in [0.25, 0.3) is 0 Å². The molecule has 0 saturated carbocycles. The van der Waals surface area contributed by atoms with Crippen molar-refractivity contribution in [3.05, 3.63) is 47.3 Å². The predicted octanol–water partition coefficient (Wildman–Crippen LogP) is 1.86. The number of aromatic nitrogens is 2. The molecule has 0 radical (unpaired) electrons. The Balaban J connectivity index is 1.88. The molecular weight excluding hydrogens is 238 g/mol. The predicted molar refractivity (Wildman–Crippen MR) is 74.4 cm³/mol. The third-order valence-corrected chi connectivity index (χ3v) is 3.71. The molecule has 0 saturated heterocycles. The molecular formula is C15H19N3O. The number of methoxy groups -OCH3 is 1. The van der Waals surface area contributed by atoms with Crippen molar-refractivity contribution in [1.29, 1.82) is 0 Å². The number of hydrogen-bond donors (Lipinski definition) is 1. The average Bonchev–Trinajstić information content (AvgIpc) is 2.84. The zero-order valence-electron chi connectivity index (χ0n) is 11.4. The molecule has 0 fully saturated rings. The van der Waals surface area contributed by atoms with Crippen molar-refractivity contribution in [2.45, 2.75) is 18.9 Å². The number of fused-ring (bicyclic) bond motifs is 1. The van der Waals surface area contributed by atoms with Crippen LogP contribution in [0.4, 0.5) is 0 Å². The van der Waals surface area contributed by atoms with Crippen LogP contribution >= 0.6 is 0 Å². The van der Waals surface area contributed by atoms with Gasteiger partial charge in [-0.2, -0.15) is 5.10 Å². The number of benzene rings is 1. The minimum absolute atomic E-state index is 0.350. The van der Waals surface area contributed by atoms with Gasteiger partial charge in [-0.15, -0.1) is 0 Å². The zero-order chi connectivity index (χ0) is 13.2. The Kier molecular flexibility index (Phi) is 3.25. The van der Waals surface area contributed by atoms with Crippen LogP contribution in [0.2, 0.25) is 0 Å². The van der Waals surface area contributed by atoms with E-state index in [1.165, 1.54) is 16.7 Å². The van der Waals surface area contributed by atoms with Crippen LogP contribution in [0.15, 0.2) is 30.6 Å². The largest absolute Gasteiger partial charge is 0.497 e. The first-order valence-corrected chi connectivity index (χ1v) is 6.64. The van der Waals surface area contributed by atoms with E-state index < -0.39 is 0 Å². The van der Waals surface area contributed by atoms with E-state index in [0.717, 1.165) is 25.1 Å². The molecule has 19 heavy (non-hydrogen) atoms. The lowest BCUT2D eigenvalue weighted by Gasteiger charge is -2.27. The van der Waals surface area contributed by atoms with Gasteiger partial charge in [0.25, 0.3) is 0 Å². The first-order chi connectivity index (χ1) is 9.26. The summed E-state index contributed by atoms with van der Waals surface area (Å²) in [5.74, 6) is 0.929. The minimum atomic E-state index is 0.350. The smallest absolute Gasteiger partial charge is 0.119 e. The maximum absolute atomic E-state index is 5.34. The number of rotatable bonds is 3. The highest BCUT2D eigenvalue weighted by Crippen LogP contribution is 2.29. The molecule has 1 unspecified atom stereocenters. The molecule has 100 valence electrons. The zero-order valence-corrected chi connectivity index (χ0v) is 11.4. The lowest BCUT2D eigenvalue weighted by Crippen LogP contribution is -2.31. The van der Waals surface area contributed by atoms with Crippen LogP contribution in [0, 0.1) is 0 Å². The fraction of sp³-hybridized carbons (Fsp3) is 0.400. The van der Waals surface area contributed by atoms with Crippen molar-refractivity contribution < 1.29 is 4.74 Å². The fourth-order valence-corrected chi connectivity index (χ4v) is 2.74. The van der Waals surface area contributed by atoms with Gasteiger partial charge in [0.1, 0.15) is 5.75 Å². The molecule has 0 aliphatic carbocycles. The van der Waals surface area contributed by atoms with Gasteiger partial charge in [0.05, 0.1) is 13.3 Å². The summed E-state index contributed by atoms with van der Waals surface area (Å²) in [5, 5.41) is 7.83. The van der Waals surface area contributed by atoms with Gasteiger partial charge in [-0.1, -0.05) is 6.07 Å². The number of ether oxygens (including phenoxy) is 1. The first kappa shape index (κ1) is 12.2. The van der Waals surface area contributed by atoms with E-state index in [1.54, 1.807) is 7.11 Å². The summed E-state index contributed by atoms with van der Waals surface area (Å²) in [6, 6.07) is 6.74. The SMILES string of the molecule is COc1ccc2c(c1)C(Cc1cnn(C)c1)NCC2. The quantitative estimate of drug-likeness (QED) is 0.912. The second-order valence-electron chi connectivity index (χ2n) is 5.05. The highest BCUT2D eigenvalue weighted by Gasteiger charge is 2.20. The molecule has 0 amide bonds. The van der Waals surface area contributed by atoms with Crippen LogP contribution in [-0.2, 0) is 19.9 Å². The number of hydrogen-bond acceptors (Lipinski definition) is 3. The Hall–Kier alpha value is -1.81. The average molecular weight is 257 g/mol. The van der Waals surface area contributed by atoms with Gasteiger partial charge in [-0.05, 0) is 48.2 Å². The molecule has 2 heterocycles. The molecule has 4 nitrogen and oxygen atoms in total. The van der Waals surface area contributed by atoms with E-state index in [4.69, 9.17) is 4.74 Å². The topological polar surface area (TPSA) is 39.1 Å². The highest BCUT2D eigenvalue weighted by molar-refractivity contribution is 5.40. The molecule has 1 aromatic carbocycles. The van der Waals surface area contributed by atoms with E-state index in [0.29, 0.717) is 6.04 Å². The first-order valence-electron chi connectivity index (χ1n) is 6.64. The van der Waals surface area contributed by atoms with Crippen LogP contribution in [0.1, 0.15) is 22.7 Å². The molecule has 1 aliphatic heterocycles. The second kappa shape index (κ2) is 5.05. The lowest BCUT2D eigenvalue weighted by molar-refractivity contribution is 0.411. The molecule has 0 bridgehead atoms. The van der Waals surface area contributed by atoms with E-state index in [1.807, 2.05) is 24.0 Å². The summed E-state index contributed by atoms with van der Waals surface area (Å²) < 4.78 is 7.19. The van der Waals surface area contributed by atoms with Crippen molar-refractivity contribution in [1.82, 2.24) is 15.1 Å². The van der Waals surface area contributed by atoms with Crippen LogP contribution < -0.4 is 10.1 Å². The van der Waals surface area contributed by atoms with Crippen molar-refractivity contribution in [3.8, 4) is 5.75 Å². The standard InChI is InChI=1S/C15H19N3O/c1-18-10-11(9-17-18)7-15-14-8-13(19-2)4-3-12(14)5-6-16-15/h3-4,8-10,15-16H,5-7H2,1-2H3. The molecule has 2 aromatic rings. The van der Waals surface area contributed by atoms with Crippen LogP contribution in [-0.4, -0.2) is 23.4 Å². The fourth-order valence-electron chi connectivity index (χ4n) is 2.74. The summed E-state index contributed by atoms with van der Waals surface area (Å²) in [5.41, 5.74) is 4.04. The number of nitrogens with zero attached hydrogens (tertiary/aromatic N) is 2. The molecule has 1 aromatic heterocycles. The monoisotopic (exact) mass is 257 g/mol. The van der Waals surface area contributed by atoms with E-state index in [9.17, 15) is 0 Å². The van der Waals surface area contributed by atoms with Gasteiger partial charge in [0, 0.05) is 19.3 Å². The van der Waals surface area contributed by atoms with Gasteiger partial charge in [0.2, 0.25) is 0 Å². The van der Waals surface area contributed by atoms with Gasteiger partial charge in [-0.25, -0.2) is 0 Å². The van der Waals surface area contributed by atoms with Crippen molar-refractivity contribution in [2.75, 3.05) is 13.7 Å². The van der Waals surface area contributed by atoms with Gasteiger partial charge < -0.3 is 10.1 Å². The molecule has 4 heteroatoms. The maximum atomic E-state index is 5.34. The third kappa shape index (κ3) is 2.49. The third-order valence-electron chi connectivity index (χ3n) is 3.71. The molecule has 1 N–H and O–H groups in total. The summed E-state index contributed by atoms with van der Waals surface area (Å²) in [6.45, 7) is 1.03. The summed E-state index contributed by atoms with van der Waals surface area (Å²) >= 11 is 0. The highest BCUT2D eigenvalue weighted by atomic mass is 16.5. The van der Waals surface area contributed by atoms with Gasteiger partial charge in [-0.3, -0.25) is 4.68 Å². The Morgan fingerprint density at radius 2 is 2.37 bits per heavy atom. The van der Waals surface area contributed by atoms with Crippen molar-refractivity contribution in [2.24, 2.45) is 7.05 Å². The Labute approximate surface area is 113 Å². The maximum Gasteiger partial charge on any atom is 0.119 e. The summed E-state index contributed by atoms with van der Waals surface area (Å²) in [4.78, 5) is 0. The second-order valence-corrected chi connectivity index (χ2v) is 5.05.